The van der Waals surface area contributed by atoms with E-state index in [1.165, 1.54) is 77.9 Å². The number of hydrogen-bond donors (Lipinski definition) is 0. The molecule has 390 valence electrons. The highest BCUT2D eigenvalue weighted by atomic mass is 15.3. The molecule has 0 amide bonds. The van der Waals surface area contributed by atoms with Gasteiger partial charge in [-0.05, 0) is 161 Å². The minimum absolute atomic E-state index is 0.510. The molecule has 0 bridgehead atoms. The van der Waals surface area contributed by atoms with Gasteiger partial charge in [0.25, 0.3) is 0 Å². The smallest absolute Gasteiger partial charge is 0.168 e. The number of rotatable bonds is 13. The lowest BCUT2D eigenvalue weighted by Gasteiger charge is -2.34. The normalized spacial score (nSPS) is 13.5. The first-order valence-corrected chi connectivity index (χ1v) is 28.8. The molecule has 0 aliphatic heterocycles. The zero-order valence-corrected chi connectivity index (χ0v) is 46.4. The van der Waals surface area contributed by atoms with Crippen LogP contribution in [0.25, 0.3) is 73.0 Å². The van der Waals surface area contributed by atoms with Gasteiger partial charge in [-0.2, -0.15) is 0 Å². The van der Waals surface area contributed by atoms with Crippen LogP contribution in [-0.4, -0.2) is 14.8 Å². The van der Waals surface area contributed by atoms with Gasteiger partial charge in [-0.1, -0.05) is 264 Å². The van der Waals surface area contributed by atoms with Crippen molar-refractivity contribution in [3.63, 3.8) is 0 Å². The van der Waals surface area contributed by atoms with E-state index in [9.17, 15) is 0 Å². The van der Waals surface area contributed by atoms with Gasteiger partial charge < -0.3 is 0 Å². The number of para-hydroxylation sites is 1. The summed E-state index contributed by atoms with van der Waals surface area (Å²) in [7, 11) is 0. The molecular formula is C78H63N3. The molecule has 0 unspecified atom stereocenters. The third-order valence-electron chi connectivity index (χ3n) is 17.1. The highest BCUT2D eigenvalue weighted by Gasteiger charge is 2.47. The maximum absolute atomic E-state index is 5.07. The zero-order chi connectivity index (χ0) is 54.7. The molecule has 12 aromatic rings. The molecule has 3 nitrogen and oxygen atoms in total. The summed E-state index contributed by atoms with van der Waals surface area (Å²) < 4.78 is 2.22. The SMILES string of the molecule is CC(C)Cc1ccc(C2(c3cccc(-c4cccc(-c5nnc(-c6cccc(-c7cccc(C8(c9ccc(CC(C)C)cc9)c9ccccc9-c9ccccc98)c7)c6)n5-c5ccccc5)c4)c3)c3ccccc3-c3ccccc32)cc1. The lowest BCUT2D eigenvalue weighted by atomic mass is 9.67. The van der Waals surface area contributed by atoms with Crippen molar-refractivity contribution in [3.05, 3.63) is 329 Å². The molecular weight excluding hydrogens is 979 g/mol. The predicted molar refractivity (Wildman–Crippen MR) is 335 cm³/mol. The Bertz CT molecular complexity index is 3940. The van der Waals surface area contributed by atoms with Crippen molar-refractivity contribution in [3.8, 4) is 73.0 Å². The monoisotopic (exact) mass is 1040 g/mol. The van der Waals surface area contributed by atoms with Crippen LogP contribution in [0.1, 0.15) is 83.3 Å². The van der Waals surface area contributed by atoms with Gasteiger partial charge in [0, 0.05) is 16.8 Å². The fourth-order valence-corrected chi connectivity index (χ4v) is 13.8. The largest absolute Gasteiger partial charge is 0.275 e. The molecule has 11 aromatic carbocycles. The Balaban J connectivity index is 0.863. The second-order valence-corrected chi connectivity index (χ2v) is 23.1. The molecule has 0 N–H and O–H groups in total. The van der Waals surface area contributed by atoms with Crippen molar-refractivity contribution in [2.24, 2.45) is 11.8 Å². The molecule has 81 heavy (non-hydrogen) atoms. The molecule has 1 aromatic heterocycles. The molecule has 3 heteroatoms. The lowest BCUT2D eigenvalue weighted by molar-refractivity contribution is 0.646. The molecule has 2 aliphatic carbocycles. The summed E-state index contributed by atoms with van der Waals surface area (Å²) in [5.41, 5.74) is 24.6. The minimum Gasteiger partial charge on any atom is -0.275 e. The van der Waals surface area contributed by atoms with Gasteiger partial charge in [0.1, 0.15) is 0 Å². The van der Waals surface area contributed by atoms with Crippen molar-refractivity contribution in [1.29, 1.82) is 0 Å². The second kappa shape index (κ2) is 20.3. The zero-order valence-electron chi connectivity index (χ0n) is 46.4. The number of aromatic nitrogens is 3. The van der Waals surface area contributed by atoms with Crippen LogP contribution in [0.4, 0.5) is 0 Å². The summed E-state index contributed by atoms with van der Waals surface area (Å²) >= 11 is 0. The molecule has 0 radical (unpaired) electrons. The second-order valence-electron chi connectivity index (χ2n) is 23.1. The van der Waals surface area contributed by atoms with E-state index in [1.54, 1.807) is 0 Å². The van der Waals surface area contributed by atoms with Crippen LogP contribution in [0.2, 0.25) is 0 Å². The highest BCUT2D eigenvalue weighted by molar-refractivity contribution is 5.89. The number of hydrogen-bond acceptors (Lipinski definition) is 2. The molecule has 0 saturated carbocycles. The van der Waals surface area contributed by atoms with Crippen LogP contribution < -0.4 is 0 Å². The standard InChI is InChI=1S/C78H63N3/c1-52(2)46-54-38-42-62(43-39-54)77(71-34-12-8-30-67(71)68-31-9-13-35-72(68)77)64-26-18-22-58(50-64)56-20-16-24-60(48-56)75-79-80-76(81(75)66-28-6-5-7-29-66)61-25-17-21-57(49-61)59-23-19-27-65(51-59)78(63-44-40-55(41-45-63)47-53(3)4)73-36-14-10-32-69(73)70-33-11-15-37-74(70)78/h5-45,48-53H,46-47H2,1-4H3. The van der Waals surface area contributed by atoms with Gasteiger partial charge >= 0.3 is 0 Å². The van der Waals surface area contributed by atoms with Gasteiger partial charge in [0.05, 0.1) is 10.8 Å². The third-order valence-corrected chi connectivity index (χ3v) is 17.1. The van der Waals surface area contributed by atoms with Gasteiger partial charge in [-0.3, -0.25) is 4.57 Å². The van der Waals surface area contributed by atoms with Crippen LogP contribution in [0.5, 0.6) is 0 Å². The molecule has 1 heterocycles. The average molecular weight is 1040 g/mol. The topological polar surface area (TPSA) is 30.7 Å². The van der Waals surface area contributed by atoms with Crippen molar-refractivity contribution in [1.82, 2.24) is 14.8 Å². The van der Waals surface area contributed by atoms with E-state index in [2.05, 4.69) is 305 Å². The summed E-state index contributed by atoms with van der Waals surface area (Å²) in [4.78, 5) is 0. The van der Waals surface area contributed by atoms with Crippen LogP contribution in [0.3, 0.4) is 0 Å². The lowest BCUT2D eigenvalue weighted by Crippen LogP contribution is -2.28. The Labute approximate surface area is 477 Å². The van der Waals surface area contributed by atoms with E-state index in [0.29, 0.717) is 11.8 Å². The summed E-state index contributed by atoms with van der Waals surface area (Å²) in [6.45, 7) is 9.17. The summed E-state index contributed by atoms with van der Waals surface area (Å²) in [6, 6.07) is 102. The Kier molecular flexibility index (Phi) is 12.5. The number of nitrogens with zero attached hydrogens (tertiary/aromatic N) is 3. The van der Waals surface area contributed by atoms with E-state index in [-0.39, 0.29) is 0 Å². The summed E-state index contributed by atoms with van der Waals surface area (Å²) in [6.07, 6.45) is 2.10. The van der Waals surface area contributed by atoms with Crippen LogP contribution in [0.15, 0.2) is 273 Å². The van der Waals surface area contributed by atoms with E-state index in [0.717, 1.165) is 63.6 Å². The first-order valence-electron chi connectivity index (χ1n) is 28.8. The van der Waals surface area contributed by atoms with Crippen molar-refractivity contribution >= 4 is 0 Å². The molecule has 0 saturated heterocycles. The van der Waals surface area contributed by atoms with E-state index < -0.39 is 10.8 Å². The van der Waals surface area contributed by atoms with Crippen LogP contribution >= 0.6 is 0 Å². The Morgan fingerprint density at radius 2 is 0.617 bits per heavy atom. The van der Waals surface area contributed by atoms with Gasteiger partial charge in [-0.15, -0.1) is 10.2 Å². The third kappa shape index (κ3) is 8.33. The molecule has 0 spiro atoms. The number of benzene rings is 11. The van der Waals surface area contributed by atoms with Gasteiger partial charge in [0.15, 0.2) is 11.6 Å². The maximum Gasteiger partial charge on any atom is 0.168 e. The predicted octanol–water partition coefficient (Wildman–Crippen LogP) is 19.1. The number of fused-ring (bicyclic) bond motifs is 6. The van der Waals surface area contributed by atoms with Crippen molar-refractivity contribution in [2.75, 3.05) is 0 Å². The molecule has 2 aliphatic rings. The fraction of sp³-hybridized carbons (Fsp3) is 0.128. The molecule has 14 rings (SSSR count). The highest BCUT2D eigenvalue weighted by Crippen LogP contribution is 2.58. The van der Waals surface area contributed by atoms with Crippen molar-refractivity contribution in [2.45, 2.75) is 51.4 Å². The Morgan fingerprint density at radius 3 is 0.988 bits per heavy atom. The Hall–Kier alpha value is -9.44. The minimum atomic E-state index is -0.510. The van der Waals surface area contributed by atoms with Crippen LogP contribution in [-0.2, 0) is 23.7 Å². The molecule has 0 atom stereocenters. The average Bonchev–Trinajstić information content (AvgIpc) is 3.23. The fourth-order valence-electron chi connectivity index (χ4n) is 13.8. The van der Waals surface area contributed by atoms with E-state index in [1.807, 2.05) is 0 Å². The first kappa shape index (κ1) is 49.8. The van der Waals surface area contributed by atoms with Gasteiger partial charge in [-0.25, -0.2) is 0 Å². The quantitative estimate of drug-likeness (QED) is 0.115. The summed E-state index contributed by atoms with van der Waals surface area (Å²) in [5, 5.41) is 10.1. The summed E-state index contributed by atoms with van der Waals surface area (Å²) in [5.74, 6) is 2.71. The van der Waals surface area contributed by atoms with Gasteiger partial charge in [0.2, 0.25) is 0 Å². The maximum atomic E-state index is 5.07. The Morgan fingerprint density at radius 1 is 0.296 bits per heavy atom. The van der Waals surface area contributed by atoms with Crippen molar-refractivity contribution < 1.29 is 0 Å². The van der Waals surface area contributed by atoms with Crippen LogP contribution in [0, 0.1) is 11.8 Å². The van der Waals surface area contributed by atoms with E-state index >= 15 is 0 Å². The van der Waals surface area contributed by atoms with E-state index in [4.69, 9.17) is 10.2 Å². The first-order chi connectivity index (χ1) is 39.8. The molecule has 0 fully saturated rings.